The SMILES string of the molecule is Cc1ccc(C(=O)CCC(=O)NC2CCCN(S(C)(=O)=O)C2)cc1. The Hall–Kier alpha value is -1.73. The number of rotatable bonds is 6. The molecule has 132 valence electrons. The normalized spacial score (nSPS) is 19.0. The average Bonchev–Trinajstić information content (AvgIpc) is 2.53. The smallest absolute Gasteiger partial charge is 0.220 e. The summed E-state index contributed by atoms with van der Waals surface area (Å²) in [4.78, 5) is 24.1. The van der Waals surface area contributed by atoms with Crippen molar-refractivity contribution in [1.82, 2.24) is 9.62 Å². The summed E-state index contributed by atoms with van der Waals surface area (Å²) in [6.45, 7) is 2.75. The molecule has 6 nitrogen and oxygen atoms in total. The minimum atomic E-state index is -3.23. The monoisotopic (exact) mass is 352 g/mol. The Kier molecular flexibility index (Phi) is 6.12. The van der Waals surface area contributed by atoms with Crippen molar-refractivity contribution in [2.75, 3.05) is 19.3 Å². The fourth-order valence-electron chi connectivity index (χ4n) is 2.77. The highest BCUT2D eigenvalue weighted by molar-refractivity contribution is 7.88. The van der Waals surface area contributed by atoms with Crippen molar-refractivity contribution in [2.45, 2.75) is 38.6 Å². The van der Waals surface area contributed by atoms with E-state index in [4.69, 9.17) is 0 Å². The minimum absolute atomic E-state index is 0.0634. The Morgan fingerprint density at radius 3 is 2.50 bits per heavy atom. The van der Waals surface area contributed by atoms with E-state index in [2.05, 4.69) is 5.32 Å². The molecular formula is C17H24N2O4S. The molecule has 1 aliphatic rings. The van der Waals surface area contributed by atoms with Gasteiger partial charge in [-0.1, -0.05) is 29.8 Å². The van der Waals surface area contributed by atoms with Crippen molar-refractivity contribution in [2.24, 2.45) is 0 Å². The molecule has 7 heteroatoms. The molecule has 1 aromatic carbocycles. The van der Waals surface area contributed by atoms with Gasteiger partial charge in [0.1, 0.15) is 0 Å². The number of carbonyl (C=O) groups is 2. The summed E-state index contributed by atoms with van der Waals surface area (Å²) in [5.74, 6) is -0.276. The largest absolute Gasteiger partial charge is 0.352 e. The van der Waals surface area contributed by atoms with Crippen LogP contribution in [0, 0.1) is 6.92 Å². The molecule has 1 unspecified atom stereocenters. The third-order valence-corrected chi connectivity index (χ3v) is 5.44. The van der Waals surface area contributed by atoms with Gasteiger partial charge in [0.2, 0.25) is 15.9 Å². The fourth-order valence-corrected chi connectivity index (χ4v) is 3.68. The van der Waals surface area contributed by atoms with E-state index < -0.39 is 10.0 Å². The lowest BCUT2D eigenvalue weighted by molar-refractivity contribution is -0.122. The Morgan fingerprint density at radius 2 is 1.88 bits per heavy atom. The van der Waals surface area contributed by atoms with Gasteiger partial charge in [-0.2, -0.15) is 0 Å². The molecule has 1 aliphatic heterocycles. The van der Waals surface area contributed by atoms with Gasteiger partial charge in [-0.3, -0.25) is 9.59 Å². The fraction of sp³-hybridized carbons (Fsp3) is 0.529. The summed E-state index contributed by atoms with van der Waals surface area (Å²) in [5, 5.41) is 2.84. The van der Waals surface area contributed by atoms with Gasteiger partial charge in [-0.25, -0.2) is 12.7 Å². The molecule has 0 aliphatic carbocycles. The van der Waals surface area contributed by atoms with Crippen LogP contribution in [0.5, 0.6) is 0 Å². The zero-order valence-corrected chi connectivity index (χ0v) is 14.9. The van der Waals surface area contributed by atoms with Crippen molar-refractivity contribution < 1.29 is 18.0 Å². The maximum absolute atomic E-state index is 12.1. The minimum Gasteiger partial charge on any atom is -0.352 e. The highest BCUT2D eigenvalue weighted by Gasteiger charge is 2.26. The van der Waals surface area contributed by atoms with Crippen LogP contribution in [0.3, 0.4) is 0 Å². The molecule has 0 spiro atoms. The number of Topliss-reactive ketones (excluding diaryl/α,β-unsaturated/α-hetero) is 1. The molecular weight excluding hydrogens is 328 g/mol. The standard InChI is InChI=1S/C17H24N2O4S/c1-13-5-7-14(8-6-13)16(20)9-10-17(21)18-15-4-3-11-19(12-15)24(2,22)23/h5-8,15H,3-4,9-12H2,1-2H3,(H,18,21). The van der Waals surface area contributed by atoms with Gasteiger partial charge in [-0.05, 0) is 19.8 Å². The molecule has 2 rings (SSSR count). The summed E-state index contributed by atoms with van der Waals surface area (Å²) in [6.07, 6.45) is 2.92. The van der Waals surface area contributed by atoms with Crippen molar-refractivity contribution >= 4 is 21.7 Å². The second-order valence-corrected chi connectivity index (χ2v) is 8.30. The number of hydrogen-bond donors (Lipinski definition) is 1. The first-order valence-electron chi connectivity index (χ1n) is 8.10. The van der Waals surface area contributed by atoms with Crippen LogP contribution in [0.25, 0.3) is 0 Å². The van der Waals surface area contributed by atoms with Crippen molar-refractivity contribution in [3.8, 4) is 0 Å². The molecule has 1 fully saturated rings. The third kappa shape index (κ3) is 5.42. The molecule has 1 saturated heterocycles. The van der Waals surface area contributed by atoms with Crippen LogP contribution in [0.15, 0.2) is 24.3 Å². The van der Waals surface area contributed by atoms with E-state index in [1.807, 2.05) is 19.1 Å². The molecule has 0 aromatic heterocycles. The lowest BCUT2D eigenvalue weighted by atomic mass is 10.0. The van der Waals surface area contributed by atoms with Crippen LogP contribution in [0.1, 0.15) is 41.6 Å². The number of hydrogen-bond acceptors (Lipinski definition) is 4. The van der Waals surface area contributed by atoms with Gasteiger partial charge in [0.15, 0.2) is 5.78 Å². The number of nitrogens with zero attached hydrogens (tertiary/aromatic N) is 1. The number of aryl methyl sites for hydroxylation is 1. The summed E-state index contributed by atoms with van der Waals surface area (Å²) >= 11 is 0. The highest BCUT2D eigenvalue weighted by Crippen LogP contribution is 2.13. The van der Waals surface area contributed by atoms with Crippen LogP contribution < -0.4 is 5.32 Å². The molecule has 0 bridgehead atoms. The first-order valence-corrected chi connectivity index (χ1v) is 9.95. The van der Waals surface area contributed by atoms with E-state index in [1.54, 1.807) is 12.1 Å². The number of sulfonamides is 1. The van der Waals surface area contributed by atoms with Gasteiger partial charge in [0.25, 0.3) is 0 Å². The summed E-state index contributed by atoms with van der Waals surface area (Å²) < 4.78 is 24.6. The van der Waals surface area contributed by atoms with Crippen LogP contribution in [0.2, 0.25) is 0 Å². The Labute approximate surface area is 143 Å². The van der Waals surface area contributed by atoms with E-state index >= 15 is 0 Å². The van der Waals surface area contributed by atoms with E-state index in [-0.39, 0.29) is 30.6 Å². The first-order chi connectivity index (χ1) is 11.3. The highest BCUT2D eigenvalue weighted by atomic mass is 32.2. The van der Waals surface area contributed by atoms with Gasteiger partial charge in [-0.15, -0.1) is 0 Å². The van der Waals surface area contributed by atoms with Gasteiger partial charge >= 0.3 is 0 Å². The van der Waals surface area contributed by atoms with Gasteiger partial charge in [0.05, 0.1) is 6.26 Å². The average molecular weight is 352 g/mol. The molecule has 1 atom stereocenters. The van der Waals surface area contributed by atoms with Crippen LogP contribution in [-0.4, -0.2) is 49.8 Å². The second-order valence-electron chi connectivity index (χ2n) is 6.32. The lowest BCUT2D eigenvalue weighted by Gasteiger charge is -2.31. The molecule has 1 N–H and O–H groups in total. The molecule has 1 amide bonds. The zero-order chi connectivity index (χ0) is 17.7. The molecule has 1 heterocycles. The number of piperidine rings is 1. The summed E-state index contributed by atoms with van der Waals surface area (Å²) in [5.41, 5.74) is 1.69. The van der Waals surface area contributed by atoms with Crippen molar-refractivity contribution in [3.05, 3.63) is 35.4 Å². The maximum atomic E-state index is 12.1. The zero-order valence-electron chi connectivity index (χ0n) is 14.1. The number of benzene rings is 1. The van der Waals surface area contributed by atoms with E-state index in [0.717, 1.165) is 18.4 Å². The second kappa shape index (κ2) is 7.90. The van der Waals surface area contributed by atoms with E-state index in [9.17, 15) is 18.0 Å². The lowest BCUT2D eigenvalue weighted by Crippen LogP contribution is -2.49. The van der Waals surface area contributed by atoms with Crippen molar-refractivity contribution in [3.63, 3.8) is 0 Å². The number of nitrogens with one attached hydrogen (secondary N) is 1. The topological polar surface area (TPSA) is 83.6 Å². The maximum Gasteiger partial charge on any atom is 0.220 e. The predicted molar refractivity (Wildman–Crippen MR) is 92.3 cm³/mol. The quantitative estimate of drug-likeness (QED) is 0.787. The van der Waals surface area contributed by atoms with E-state index in [1.165, 1.54) is 10.6 Å². The summed E-state index contributed by atoms with van der Waals surface area (Å²) in [7, 11) is -3.23. The summed E-state index contributed by atoms with van der Waals surface area (Å²) in [6, 6.07) is 7.08. The number of amides is 1. The van der Waals surface area contributed by atoms with Gasteiger partial charge in [0, 0.05) is 37.5 Å². The molecule has 0 radical (unpaired) electrons. The molecule has 0 saturated carbocycles. The number of ketones is 1. The first kappa shape index (κ1) is 18.6. The van der Waals surface area contributed by atoms with E-state index in [0.29, 0.717) is 18.7 Å². The van der Waals surface area contributed by atoms with Crippen molar-refractivity contribution in [1.29, 1.82) is 0 Å². The van der Waals surface area contributed by atoms with Crippen LogP contribution >= 0.6 is 0 Å². The molecule has 1 aromatic rings. The Bertz CT molecular complexity index is 698. The Balaban J connectivity index is 1.80. The number of carbonyl (C=O) groups excluding carboxylic acids is 2. The van der Waals surface area contributed by atoms with Gasteiger partial charge < -0.3 is 5.32 Å². The van der Waals surface area contributed by atoms with Crippen LogP contribution in [0.4, 0.5) is 0 Å². The predicted octanol–water partition coefficient (Wildman–Crippen LogP) is 1.50. The molecule has 24 heavy (non-hydrogen) atoms. The third-order valence-electron chi connectivity index (χ3n) is 4.17. The Morgan fingerprint density at radius 1 is 1.21 bits per heavy atom. The van der Waals surface area contributed by atoms with Crippen LogP contribution in [-0.2, 0) is 14.8 Å².